The molecule has 2 amide bonds. The van der Waals surface area contributed by atoms with Crippen LogP contribution in [0.1, 0.15) is 29.6 Å². The first-order chi connectivity index (χ1) is 9.91. The predicted octanol–water partition coefficient (Wildman–Crippen LogP) is 1.12. The highest BCUT2D eigenvalue weighted by Gasteiger charge is 2.33. The minimum Gasteiger partial charge on any atom is -0.368 e. The van der Waals surface area contributed by atoms with Crippen LogP contribution in [-0.2, 0) is 4.79 Å². The smallest absolute Gasteiger partial charge is 0.288 e. The molecule has 0 saturated carbocycles. The molecule has 21 heavy (non-hydrogen) atoms. The van der Waals surface area contributed by atoms with Crippen molar-refractivity contribution in [2.75, 3.05) is 6.54 Å². The van der Waals surface area contributed by atoms with Crippen molar-refractivity contribution in [1.82, 2.24) is 9.88 Å². The Morgan fingerprint density at radius 1 is 1.48 bits per heavy atom. The number of carbonyl (C=O) groups is 2. The SMILES string of the molecule is NC(=O)C1CCCCN1C(=O)c1cc([N+](=O)[O-])cnc1Cl. The van der Waals surface area contributed by atoms with Gasteiger partial charge in [0.2, 0.25) is 5.91 Å². The highest BCUT2D eigenvalue weighted by atomic mass is 35.5. The summed E-state index contributed by atoms with van der Waals surface area (Å²) in [7, 11) is 0. The summed E-state index contributed by atoms with van der Waals surface area (Å²) in [5, 5.41) is 10.6. The van der Waals surface area contributed by atoms with E-state index in [4.69, 9.17) is 17.3 Å². The third kappa shape index (κ3) is 3.10. The molecule has 0 aromatic carbocycles. The number of pyridine rings is 1. The van der Waals surface area contributed by atoms with Gasteiger partial charge in [0.05, 0.1) is 10.5 Å². The second kappa shape index (κ2) is 6.04. The second-order valence-corrected chi connectivity index (χ2v) is 5.06. The number of nitrogens with zero attached hydrogens (tertiary/aromatic N) is 3. The number of primary amides is 1. The van der Waals surface area contributed by atoms with Gasteiger partial charge in [-0.25, -0.2) is 4.98 Å². The van der Waals surface area contributed by atoms with Gasteiger partial charge in [0, 0.05) is 12.6 Å². The van der Waals surface area contributed by atoms with Crippen LogP contribution in [0.15, 0.2) is 12.3 Å². The van der Waals surface area contributed by atoms with Gasteiger partial charge in [0.1, 0.15) is 17.4 Å². The zero-order valence-corrected chi connectivity index (χ0v) is 11.7. The molecule has 1 aliphatic rings. The maximum Gasteiger partial charge on any atom is 0.288 e. The van der Waals surface area contributed by atoms with Crippen LogP contribution in [0.2, 0.25) is 5.15 Å². The topological polar surface area (TPSA) is 119 Å². The van der Waals surface area contributed by atoms with Crippen LogP contribution in [0.3, 0.4) is 0 Å². The Kier molecular flexibility index (Phi) is 4.37. The summed E-state index contributed by atoms with van der Waals surface area (Å²) in [4.78, 5) is 39.0. The monoisotopic (exact) mass is 312 g/mol. The summed E-state index contributed by atoms with van der Waals surface area (Å²) in [6.45, 7) is 0.353. The van der Waals surface area contributed by atoms with Gasteiger partial charge >= 0.3 is 0 Å². The molecule has 2 rings (SSSR count). The molecule has 1 aliphatic heterocycles. The van der Waals surface area contributed by atoms with Crippen molar-refractivity contribution in [3.05, 3.63) is 33.1 Å². The summed E-state index contributed by atoms with van der Waals surface area (Å²) >= 11 is 5.84. The lowest BCUT2D eigenvalue weighted by atomic mass is 10.0. The van der Waals surface area contributed by atoms with Gasteiger partial charge in [-0.05, 0) is 19.3 Å². The highest BCUT2D eigenvalue weighted by Crippen LogP contribution is 2.24. The molecule has 1 fully saturated rings. The van der Waals surface area contributed by atoms with Crippen LogP contribution in [-0.4, -0.2) is 39.2 Å². The fourth-order valence-corrected chi connectivity index (χ4v) is 2.50. The Balaban J connectivity index is 2.36. The molecule has 112 valence electrons. The Labute approximate surface area is 125 Å². The number of piperidine rings is 1. The largest absolute Gasteiger partial charge is 0.368 e. The summed E-state index contributed by atoms with van der Waals surface area (Å²) < 4.78 is 0. The summed E-state index contributed by atoms with van der Waals surface area (Å²) in [6.07, 6.45) is 2.97. The Bertz CT molecular complexity index is 607. The number of likely N-dealkylation sites (tertiary alicyclic amines) is 1. The maximum absolute atomic E-state index is 12.5. The van der Waals surface area contributed by atoms with E-state index in [0.29, 0.717) is 13.0 Å². The van der Waals surface area contributed by atoms with Crippen LogP contribution in [0.25, 0.3) is 0 Å². The summed E-state index contributed by atoms with van der Waals surface area (Å²) in [5.41, 5.74) is 4.86. The minimum absolute atomic E-state index is 0.0981. The molecule has 2 N–H and O–H groups in total. The molecule has 2 heterocycles. The minimum atomic E-state index is -0.721. The van der Waals surface area contributed by atoms with Crippen LogP contribution >= 0.6 is 11.6 Å². The first-order valence-corrected chi connectivity index (χ1v) is 6.70. The van der Waals surface area contributed by atoms with Crippen LogP contribution in [0, 0.1) is 10.1 Å². The average molecular weight is 313 g/mol. The third-order valence-electron chi connectivity index (χ3n) is 3.36. The number of hydrogen-bond donors (Lipinski definition) is 1. The van der Waals surface area contributed by atoms with Crippen LogP contribution < -0.4 is 5.73 Å². The molecule has 1 aromatic rings. The summed E-state index contributed by atoms with van der Waals surface area (Å²) in [5.74, 6) is -1.17. The fourth-order valence-electron chi connectivity index (χ4n) is 2.31. The lowest BCUT2D eigenvalue weighted by molar-refractivity contribution is -0.385. The molecular formula is C12H13ClN4O4. The number of hydrogen-bond acceptors (Lipinski definition) is 5. The Hall–Kier alpha value is -2.22. The molecule has 1 atom stereocenters. The predicted molar refractivity (Wildman–Crippen MR) is 73.8 cm³/mol. The second-order valence-electron chi connectivity index (χ2n) is 4.70. The molecule has 1 saturated heterocycles. The van der Waals surface area contributed by atoms with Crippen molar-refractivity contribution in [2.45, 2.75) is 25.3 Å². The number of halogens is 1. The van der Waals surface area contributed by atoms with E-state index in [1.807, 2.05) is 0 Å². The number of rotatable bonds is 3. The lowest BCUT2D eigenvalue weighted by Crippen LogP contribution is -2.50. The van der Waals surface area contributed by atoms with Gasteiger partial charge in [0.15, 0.2) is 0 Å². The summed E-state index contributed by atoms with van der Waals surface area (Å²) in [6, 6.07) is 0.339. The number of nitrogens with two attached hydrogens (primary N) is 1. The number of amides is 2. The fraction of sp³-hybridized carbons (Fsp3) is 0.417. The van der Waals surface area contributed by atoms with Crippen molar-refractivity contribution in [3.8, 4) is 0 Å². The van der Waals surface area contributed by atoms with Gasteiger partial charge in [-0.1, -0.05) is 11.6 Å². The van der Waals surface area contributed by atoms with E-state index < -0.39 is 22.8 Å². The number of nitro groups is 1. The van der Waals surface area contributed by atoms with Gasteiger partial charge in [-0.2, -0.15) is 0 Å². The van der Waals surface area contributed by atoms with Crippen LogP contribution in [0.4, 0.5) is 5.69 Å². The Morgan fingerprint density at radius 2 is 2.19 bits per heavy atom. The van der Waals surface area contributed by atoms with Crippen molar-refractivity contribution in [2.24, 2.45) is 5.73 Å². The van der Waals surface area contributed by atoms with Crippen molar-refractivity contribution < 1.29 is 14.5 Å². The van der Waals surface area contributed by atoms with Gasteiger partial charge < -0.3 is 10.6 Å². The Morgan fingerprint density at radius 3 is 2.81 bits per heavy atom. The number of aromatic nitrogens is 1. The molecule has 0 bridgehead atoms. The number of carbonyl (C=O) groups excluding carboxylic acids is 2. The lowest BCUT2D eigenvalue weighted by Gasteiger charge is -2.33. The average Bonchev–Trinajstić information content (AvgIpc) is 2.46. The molecule has 1 unspecified atom stereocenters. The zero-order valence-electron chi connectivity index (χ0n) is 11.0. The van der Waals surface area contributed by atoms with Gasteiger partial charge in [0.25, 0.3) is 11.6 Å². The molecular weight excluding hydrogens is 300 g/mol. The zero-order chi connectivity index (χ0) is 15.6. The van der Waals surface area contributed by atoms with E-state index in [-0.39, 0.29) is 16.4 Å². The normalized spacial score (nSPS) is 18.3. The molecule has 0 spiro atoms. The standard InChI is InChI=1S/C12H13ClN4O4/c13-10-8(5-7(6-15-10)17(20)21)12(19)16-4-2-1-3-9(16)11(14)18/h5-6,9H,1-4H2,(H2,14,18). The first kappa shape index (κ1) is 15.2. The molecule has 0 aliphatic carbocycles. The van der Waals surface area contributed by atoms with E-state index in [9.17, 15) is 19.7 Å². The van der Waals surface area contributed by atoms with Gasteiger partial charge in [-0.3, -0.25) is 19.7 Å². The molecule has 8 nitrogen and oxygen atoms in total. The highest BCUT2D eigenvalue weighted by molar-refractivity contribution is 6.32. The van der Waals surface area contributed by atoms with E-state index in [1.54, 1.807) is 0 Å². The van der Waals surface area contributed by atoms with Gasteiger partial charge in [-0.15, -0.1) is 0 Å². The van der Waals surface area contributed by atoms with Crippen molar-refractivity contribution >= 4 is 29.1 Å². The van der Waals surface area contributed by atoms with E-state index in [2.05, 4.69) is 4.98 Å². The third-order valence-corrected chi connectivity index (χ3v) is 3.66. The van der Waals surface area contributed by atoms with E-state index in [0.717, 1.165) is 25.1 Å². The van der Waals surface area contributed by atoms with E-state index in [1.165, 1.54) is 4.90 Å². The molecule has 1 aromatic heterocycles. The van der Waals surface area contributed by atoms with Crippen molar-refractivity contribution in [3.63, 3.8) is 0 Å². The molecule has 0 radical (unpaired) electrons. The van der Waals surface area contributed by atoms with Crippen LogP contribution in [0.5, 0.6) is 0 Å². The molecule has 9 heteroatoms. The maximum atomic E-state index is 12.5. The first-order valence-electron chi connectivity index (χ1n) is 6.32. The van der Waals surface area contributed by atoms with Crippen molar-refractivity contribution in [1.29, 1.82) is 0 Å². The van der Waals surface area contributed by atoms with E-state index >= 15 is 0 Å². The quantitative estimate of drug-likeness (QED) is 0.509.